The van der Waals surface area contributed by atoms with Gasteiger partial charge in [0.15, 0.2) is 0 Å². The van der Waals surface area contributed by atoms with E-state index in [0.717, 1.165) is 17.3 Å². The summed E-state index contributed by atoms with van der Waals surface area (Å²) in [6, 6.07) is 10.9. The number of nitrogens with zero attached hydrogens (tertiary/aromatic N) is 3. The standard InChI is InChI=1S/C17H11FN4O/c18-12-6-13(8-19-7-12)22-9-14(11-4-2-1-3-5-11)15-16(22)17(23)21-10-20-15/h1-10H,(H,20,21,23). The number of hydrogen-bond acceptors (Lipinski definition) is 3. The van der Waals surface area contributed by atoms with Gasteiger partial charge in [-0.05, 0) is 5.56 Å². The number of benzene rings is 1. The molecule has 0 aliphatic carbocycles. The molecule has 3 heterocycles. The Bertz CT molecular complexity index is 1050. The van der Waals surface area contributed by atoms with Crippen LogP contribution in [0.3, 0.4) is 0 Å². The van der Waals surface area contributed by atoms with E-state index in [2.05, 4.69) is 15.0 Å². The minimum atomic E-state index is -0.467. The molecule has 0 spiro atoms. The molecule has 0 bridgehead atoms. The zero-order chi connectivity index (χ0) is 15.8. The molecule has 0 saturated carbocycles. The highest BCUT2D eigenvalue weighted by Crippen LogP contribution is 2.29. The van der Waals surface area contributed by atoms with Crippen LogP contribution in [0.4, 0.5) is 4.39 Å². The van der Waals surface area contributed by atoms with Gasteiger partial charge in [-0.15, -0.1) is 0 Å². The van der Waals surface area contributed by atoms with Crippen molar-refractivity contribution in [3.63, 3.8) is 0 Å². The molecule has 23 heavy (non-hydrogen) atoms. The first-order chi connectivity index (χ1) is 11.2. The summed E-state index contributed by atoms with van der Waals surface area (Å²) in [6.07, 6.45) is 5.77. The van der Waals surface area contributed by atoms with Gasteiger partial charge in [0.1, 0.15) is 16.9 Å². The highest BCUT2D eigenvalue weighted by molar-refractivity contribution is 5.93. The Kier molecular flexibility index (Phi) is 3.01. The van der Waals surface area contributed by atoms with Crippen LogP contribution in [0.1, 0.15) is 0 Å². The zero-order valence-electron chi connectivity index (χ0n) is 11.9. The number of H-pyrrole nitrogens is 1. The van der Waals surface area contributed by atoms with E-state index in [9.17, 15) is 9.18 Å². The lowest BCUT2D eigenvalue weighted by atomic mass is 10.1. The normalized spacial score (nSPS) is 11.0. The molecule has 0 unspecified atom stereocenters. The summed E-state index contributed by atoms with van der Waals surface area (Å²) in [5.41, 5.74) is 2.83. The molecule has 0 fully saturated rings. The van der Waals surface area contributed by atoms with Gasteiger partial charge in [0.05, 0.1) is 24.4 Å². The molecule has 4 rings (SSSR count). The van der Waals surface area contributed by atoms with Crippen molar-refractivity contribution in [3.8, 4) is 16.8 Å². The minimum absolute atomic E-state index is 0.290. The third-order valence-electron chi connectivity index (χ3n) is 3.64. The number of fused-ring (bicyclic) bond motifs is 1. The van der Waals surface area contributed by atoms with Crippen molar-refractivity contribution >= 4 is 11.0 Å². The van der Waals surface area contributed by atoms with Crippen LogP contribution in [0, 0.1) is 5.82 Å². The van der Waals surface area contributed by atoms with E-state index in [-0.39, 0.29) is 5.56 Å². The lowest BCUT2D eigenvalue weighted by molar-refractivity contribution is 0.620. The number of nitrogens with one attached hydrogen (secondary N) is 1. The average molecular weight is 306 g/mol. The Balaban J connectivity index is 2.08. The third-order valence-corrected chi connectivity index (χ3v) is 3.64. The first kappa shape index (κ1) is 13.4. The molecule has 0 radical (unpaired) electrons. The van der Waals surface area contributed by atoms with Crippen molar-refractivity contribution in [3.05, 3.63) is 77.5 Å². The molecule has 112 valence electrons. The van der Waals surface area contributed by atoms with Crippen LogP contribution in [0.2, 0.25) is 0 Å². The molecule has 0 atom stereocenters. The maximum Gasteiger partial charge on any atom is 0.275 e. The van der Waals surface area contributed by atoms with Gasteiger partial charge in [-0.25, -0.2) is 9.37 Å². The van der Waals surface area contributed by atoms with Gasteiger partial charge < -0.3 is 9.55 Å². The maximum absolute atomic E-state index is 13.5. The van der Waals surface area contributed by atoms with Gasteiger partial charge in [0.2, 0.25) is 0 Å². The van der Waals surface area contributed by atoms with Gasteiger partial charge in [-0.1, -0.05) is 30.3 Å². The molecule has 4 aromatic rings. The van der Waals surface area contributed by atoms with Crippen molar-refractivity contribution in [2.24, 2.45) is 0 Å². The molecule has 3 aromatic heterocycles. The van der Waals surface area contributed by atoms with Crippen LogP contribution in [-0.4, -0.2) is 19.5 Å². The van der Waals surface area contributed by atoms with Crippen molar-refractivity contribution in [1.82, 2.24) is 19.5 Å². The van der Waals surface area contributed by atoms with Crippen LogP contribution in [0.25, 0.3) is 27.8 Å². The third kappa shape index (κ3) is 2.20. The van der Waals surface area contributed by atoms with Gasteiger partial charge in [-0.3, -0.25) is 9.78 Å². The number of aromatic amines is 1. The first-order valence-corrected chi connectivity index (χ1v) is 6.99. The molecular weight excluding hydrogens is 295 g/mol. The van der Waals surface area contributed by atoms with E-state index in [4.69, 9.17) is 0 Å². The zero-order valence-corrected chi connectivity index (χ0v) is 11.9. The predicted octanol–water partition coefficient (Wildman–Crippen LogP) is 2.91. The van der Waals surface area contributed by atoms with E-state index < -0.39 is 5.82 Å². The SMILES string of the molecule is O=c1[nH]cnc2c(-c3ccccc3)cn(-c3cncc(F)c3)c12. The fourth-order valence-electron chi connectivity index (χ4n) is 2.63. The van der Waals surface area contributed by atoms with Crippen molar-refractivity contribution in [2.75, 3.05) is 0 Å². The van der Waals surface area contributed by atoms with Crippen LogP contribution < -0.4 is 5.56 Å². The molecule has 5 nitrogen and oxygen atoms in total. The largest absolute Gasteiger partial charge is 0.311 e. The molecule has 1 aromatic carbocycles. The maximum atomic E-state index is 13.5. The van der Waals surface area contributed by atoms with Gasteiger partial charge in [0, 0.05) is 17.8 Å². The van der Waals surface area contributed by atoms with Crippen LogP contribution >= 0.6 is 0 Å². The van der Waals surface area contributed by atoms with Gasteiger partial charge in [-0.2, -0.15) is 0 Å². The van der Waals surface area contributed by atoms with Crippen molar-refractivity contribution in [1.29, 1.82) is 0 Å². The van der Waals surface area contributed by atoms with Crippen LogP contribution in [-0.2, 0) is 0 Å². The molecule has 0 saturated heterocycles. The lowest BCUT2D eigenvalue weighted by Crippen LogP contribution is -2.10. The van der Waals surface area contributed by atoms with E-state index in [1.807, 2.05) is 30.3 Å². The summed E-state index contributed by atoms with van der Waals surface area (Å²) in [7, 11) is 0. The lowest BCUT2D eigenvalue weighted by Gasteiger charge is -2.03. The van der Waals surface area contributed by atoms with Crippen LogP contribution in [0.5, 0.6) is 0 Å². The van der Waals surface area contributed by atoms with E-state index in [1.165, 1.54) is 18.6 Å². The molecule has 0 amide bonds. The summed E-state index contributed by atoms with van der Waals surface area (Å²) in [6.45, 7) is 0. The first-order valence-electron chi connectivity index (χ1n) is 6.99. The fourth-order valence-corrected chi connectivity index (χ4v) is 2.63. The summed E-state index contributed by atoms with van der Waals surface area (Å²) in [4.78, 5) is 23.0. The quantitative estimate of drug-likeness (QED) is 0.619. The molecule has 1 N–H and O–H groups in total. The number of halogens is 1. The molecular formula is C17H11FN4O. The second kappa shape index (κ2) is 5.17. The molecule has 0 aliphatic heterocycles. The van der Waals surface area contributed by atoms with Crippen LogP contribution in [0.15, 0.2) is 66.1 Å². The van der Waals surface area contributed by atoms with Crippen molar-refractivity contribution < 1.29 is 4.39 Å². The Morgan fingerprint density at radius 2 is 1.96 bits per heavy atom. The van der Waals surface area contributed by atoms with Gasteiger partial charge in [0.25, 0.3) is 5.56 Å². The number of hydrogen-bond donors (Lipinski definition) is 1. The Labute approximate surface area is 130 Å². The Hall–Kier alpha value is -3.28. The van der Waals surface area contributed by atoms with E-state index >= 15 is 0 Å². The van der Waals surface area contributed by atoms with E-state index in [1.54, 1.807) is 10.8 Å². The van der Waals surface area contributed by atoms with E-state index in [0.29, 0.717) is 16.7 Å². The number of aromatic nitrogens is 4. The highest BCUT2D eigenvalue weighted by Gasteiger charge is 2.15. The monoisotopic (exact) mass is 306 g/mol. The topological polar surface area (TPSA) is 63.6 Å². The molecule has 6 heteroatoms. The van der Waals surface area contributed by atoms with Crippen molar-refractivity contribution in [2.45, 2.75) is 0 Å². The highest BCUT2D eigenvalue weighted by atomic mass is 19.1. The second-order valence-corrected chi connectivity index (χ2v) is 5.07. The number of rotatable bonds is 2. The predicted molar refractivity (Wildman–Crippen MR) is 84.9 cm³/mol. The minimum Gasteiger partial charge on any atom is -0.311 e. The average Bonchev–Trinajstić information content (AvgIpc) is 2.97. The second-order valence-electron chi connectivity index (χ2n) is 5.07. The smallest absolute Gasteiger partial charge is 0.275 e. The Morgan fingerprint density at radius 3 is 2.74 bits per heavy atom. The molecule has 0 aliphatic rings. The summed E-state index contributed by atoms with van der Waals surface area (Å²) < 4.78 is 15.1. The number of pyridine rings is 1. The summed E-state index contributed by atoms with van der Waals surface area (Å²) in [5, 5.41) is 0. The Morgan fingerprint density at radius 1 is 1.13 bits per heavy atom. The summed E-state index contributed by atoms with van der Waals surface area (Å²) in [5.74, 6) is -0.467. The fraction of sp³-hybridized carbons (Fsp3) is 0. The van der Waals surface area contributed by atoms with Gasteiger partial charge >= 0.3 is 0 Å². The summed E-state index contributed by atoms with van der Waals surface area (Å²) >= 11 is 0.